The monoisotopic (exact) mass is 230 g/mol. The lowest BCUT2D eigenvalue weighted by atomic mass is 10.4. The van der Waals surface area contributed by atoms with Crippen LogP contribution in [-0.4, -0.2) is 11.7 Å². The lowest BCUT2D eigenvalue weighted by molar-refractivity contribution is 0.305. The molecule has 0 aliphatic rings. The molecule has 1 aromatic rings. The molecule has 0 fully saturated rings. The summed E-state index contributed by atoms with van der Waals surface area (Å²) in [7, 11) is 0. The second-order valence-corrected chi connectivity index (χ2v) is 3.64. The predicted octanol–water partition coefficient (Wildman–Crippen LogP) is 2.24. The van der Waals surface area contributed by atoms with E-state index in [0.717, 1.165) is 9.35 Å². The van der Waals surface area contributed by atoms with Gasteiger partial charge in [0.1, 0.15) is 0 Å². The Morgan fingerprint density at radius 2 is 2.45 bits per heavy atom. The third-order valence-electron chi connectivity index (χ3n) is 1.06. The summed E-state index contributed by atoms with van der Waals surface area (Å²) >= 11 is 4.96. The van der Waals surface area contributed by atoms with Crippen molar-refractivity contribution in [3.8, 4) is 11.8 Å². The summed E-state index contributed by atoms with van der Waals surface area (Å²) in [5.41, 5.74) is 0. The largest absolute Gasteiger partial charge is 0.395 e. The second-order valence-electron chi connectivity index (χ2n) is 1.87. The zero-order chi connectivity index (χ0) is 8.10. The first-order valence-electron chi connectivity index (χ1n) is 3.17. The zero-order valence-electron chi connectivity index (χ0n) is 5.80. The molecular weight excluding hydrogens is 224 g/mol. The summed E-state index contributed by atoms with van der Waals surface area (Å²) in [6.07, 6.45) is 0.546. The molecule has 58 valence electrons. The van der Waals surface area contributed by atoms with Gasteiger partial charge in [0.15, 0.2) is 0 Å². The molecular formula is C8H7BrOS. The molecule has 11 heavy (non-hydrogen) atoms. The van der Waals surface area contributed by atoms with E-state index in [-0.39, 0.29) is 6.61 Å². The van der Waals surface area contributed by atoms with Crippen molar-refractivity contribution in [2.75, 3.05) is 6.61 Å². The van der Waals surface area contributed by atoms with E-state index >= 15 is 0 Å². The van der Waals surface area contributed by atoms with Crippen LogP contribution >= 0.6 is 27.3 Å². The van der Waals surface area contributed by atoms with Crippen LogP contribution in [0, 0.1) is 11.8 Å². The Morgan fingerprint density at radius 1 is 1.64 bits per heavy atom. The number of hydrogen-bond donors (Lipinski definition) is 1. The maximum atomic E-state index is 8.45. The first-order valence-corrected chi connectivity index (χ1v) is 4.84. The van der Waals surface area contributed by atoms with Gasteiger partial charge in [-0.15, -0.1) is 11.3 Å². The molecule has 0 bridgehead atoms. The van der Waals surface area contributed by atoms with Gasteiger partial charge in [0.2, 0.25) is 0 Å². The van der Waals surface area contributed by atoms with Crippen LogP contribution in [0.25, 0.3) is 0 Å². The number of aliphatic hydroxyl groups excluding tert-OH is 1. The minimum atomic E-state index is 0.135. The first-order chi connectivity index (χ1) is 5.34. The van der Waals surface area contributed by atoms with Gasteiger partial charge in [-0.05, 0) is 27.4 Å². The topological polar surface area (TPSA) is 20.2 Å². The van der Waals surface area contributed by atoms with E-state index in [1.807, 2.05) is 11.4 Å². The van der Waals surface area contributed by atoms with Gasteiger partial charge in [-0.25, -0.2) is 0 Å². The van der Waals surface area contributed by atoms with Gasteiger partial charge in [0.25, 0.3) is 0 Å². The van der Waals surface area contributed by atoms with Crippen LogP contribution in [-0.2, 0) is 0 Å². The molecule has 0 amide bonds. The SMILES string of the molecule is OCCC#Cc1sccc1Br. The van der Waals surface area contributed by atoms with Crippen LogP contribution in [0.5, 0.6) is 0 Å². The summed E-state index contributed by atoms with van der Waals surface area (Å²) in [5.74, 6) is 5.81. The Balaban J connectivity index is 2.65. The van der Waals surface area contributed by atoms with Crippen molar-refractivity contribution in [3.05, 3.63) is 20.8 Å². The van der Waals surface area contributed by atoms with Crippen molar-refractivity contribution in [1.82, 2.24) is 0 Å². The molecule has 1 N–H and O–H groups in total. The van der Waals surface area contributed by atoms with Gasteiger partial charge in [-0.2, -0.15) is 0 Å². The van der Waals surface area contributed by atoms with Gasteiger partial charge in [0, 0.05) is 10.9 Å². The molecule has 0 saturated heterocycles. The van der Waals surface area contributed by atoms with Crippen molar-refractivity contribution in [1.29, 1.82) is 0 Å². The Hall–Kier alpha value is -0.300. The van der Waals surface area contributed by atoms with E-state index in [9.17, 15) is 0 Å². The predicted molar refractivity (Wildman–Crippen MR) is 50.6 cm³/mol. The van der Waals surface area contributed by atoms with Crippen LogP contribution < -0.4 is 0 Å². The maximum Gasteiger partial charge on any atom is 0.0910 e. The summed E-state index contributed by atoms with van der Waals surface area (Å²) in [6, 6.07) is 1.97. The fourth-order valence-corrected chi connectivity index (χ4v) is 1.92. The van der Waals surface area contributed by atoms with Gasteiger partial charge in [-0.1, -0.05) is 11.8 Å². The van der Waals surface area contributed by atoms with Crippen LogP contribution in [0.1, 0.15) is 11.3 Å². The highest BCUT2D eigenvalue weighted by atomic mass is 79.9. The Bertz CT molecular complexity index is 282. The van der Waals surface area contributed by atoms with Crippen LogP contribution in [0.3, 0.4) is 0 Å². The van der Waals surface area contributed by atoms with E-state index in [4.69, 9.17) is 5.11 Å². The fraction of sp³-hybridized carbons (Fsp3) is 0.250. The second kappa shape index (κ2) is 4.55. The van der Waals surface area contributed by atoms with Crippen molar-refractivity contribution in [3.63, 3.8) is 0 Å². The van der Waals surface area contributed by atoms with E-state index < -0.39 is 0 Å². The van der Waals surface area contributed by atoms with Crippen molar-refractivity contribution < 1.29 is 5.11 Å². The van der Waals surface area contributed by atoms with Gasteiger partial charge >= 0.3 is 0 Å². The number of rotatable bonds is 1. The first kappa shape index (κ1) is 8.79. The van der Waals surface area contributed by atoms with Gasteiger partial charge in [0.05, 0.1) is 11.5 Å². The molecule has 0 aromatic carbocycles. The third-order valence-corrected chi connectivity index (χ3v) is 2.81. The molecule has 0 saturated carbocycles. The molecule has 1 aromatic heterocycles. The highest BCUT2D eigenvalue weighted by Gasteiger charge is 1.94. The van der Waals surface area contributed by atoms with E-state index in [2.05, 4.69) is 27.8 Å². The number of hydrogen-bond acceptors (Lipinski definition) is 2. The molecule has 0 spiro atoms. The normalized spacial score (nSPS) is 8.91. The highest BCUT2D eigenvalue weighted by Crippen LogP contribution is 2.20. The van der Waals surface area contributed by atoms with Gasteiger partial charge < -0.3 is 5.11 Å². The summed E-state index contributed by atoms with van der Waals surface area (Å²) in [6.45, 7) is 0.135. The Morgan fingerprint density at radius 3 is 3.00 bits per heavy atom. The molecule has 0 unspecified atom stereocenters. The van der Waals surface area contributed by atoms with Crippen LogP contribution in [0.2, 0.25) is 0 Å². The molecule has 0 aliphatic carbocycles. The third kappa shape index (κ3) is 2.66. The highest BCUT2D eigenvalue weighted by molar-refractivity contribution is 9.10. The van der Waals surface area contributed by atoms with Crippen LogP contribution in [0.4, 0.5) is 0 Å². The lowest BCUT2D eigenvalue weighted by Gasteiger charge is -1.81. The molecule has 3 heteroatoms. The smallest absolute Gasteiger partial charge is 0.0910 e. The van der Waals surface area contributed by atoms with E-state index in [1.54, 1.807) is 11.3 Å². The standard InChI is InChI=1S/C8H7BrOS/c9-7-4-6-11-8(7)3-1-2-5-10/h4,6,10H,2,5H2. The fourth-order valence-electron chi connectivity index (χ4n) is 0.582. The number of thiophene rings is 1. The zero-order valence-corrected chi connectivity index (χ0v) is 8.20. The van der Waals surface area contributed by atoms with Crippen molar-refractivity contribution >= 4 is 27.3 Å². The average molecular weight is 231 g/mol. The number of halogens is 1. The quantitative estimate of drug-likeness (QED) is 0.735. The lowest BCUT2D eigenvalue weighted by Crippen LogP contribution is -1.75. The average Bonchev–Trinajstić information content (AvgIpc) is 2.37. The molecule has 1 heterocycles. The number of aliphatic hydroxyl groups is 1. The summed E-state index contributed by atoms with van der Waals surface area (Å²) in [5, 5.41) is 10.4. The van der Waals surface area contributed by atoms with Crippen LogP contribution in [0.15, 0.2) is 15.9 Å². The Labute approximate surface area is 78.2 Å². The maximum absolute atomic E-state index is 8.45. The van der Waals surface area contributed by atoms with E-state index in [1.165, 1.54) is 0 Å². The summed E-state index contributed by atoms with van der Waals surface area (Å²) < 4.78 is 1.04. The van der Waals surface area contributed by atoms with E-state index in [0.29, 0.717) is 6.42 Å². The molecule has 1 nitrogen and oxygen atoms in total. The van der Waals surface area contributed by atoms with Gasteiger partial charge in [-0.3, -0.25) is 0 Å². The molecule has 0 atom stereocenters. The minimum absolute atomic E-state index is 0.135. The van der Waals surface area contributed by atoms with Crippen molar-refractivity contribution in [2.45, 2.75) is 6.42 Å². The molecule has 0 radical (unpaired) electrons. The van der Waals surface area contributed by atoms with Crippen molar-refractivity contribution in [2.24, 2.45) is 0 Å². The molecule has 0 aliphatic heterocycles. The Kier molecular flexibility index (Phi) is 3.64. The molecule has 1 rings (SSSR count). The minimum Gasteiger partial charge on any atom is -0.395 e. The summed E-state index contributed by atoms with van der Waals surface area (Å²) in [4.78, 5) is 1.03.